The lowest BCUT2D eigenvalue weighted by molar-refractivity contribution is 0.660. The summed E-state index contributed by atoms with van der Waals surface area (Å²) in [6.07, 6.45) is 0. The van der Waals surface area contributed by atoms with Crippen molar-refractivity contribution in [3.05, 3.63) is 187 Å². The van der Waals surface area contributed by atoms with E-state index < -0.39 is 0 Å². The Bertz CT molecular complexity index is 3080. The van der Waals surface area contributed by atoms with Crippen LogP contribution < -0.4 is 4.90 Å². The minimum Gasteiger partial charge on any atom is -0.456 e. The monoisotopic (exact) mass is 693 g/mol. The van der Waals surface area contributed by atoms with Gasteiger partial charge in [0.05, 0.1) is 5.69 Å². The van der Waals surface area contributed by atoms with Crippen LogP contribution in [0.5, 0.6) is 0 Å². The number of hydrogen-bond donors (Lipinski definition) is 0. The second kappa shape index (κ2) is 11.6. The van der Waals surface area contributed by atoms with Gasteiger partial charge in [-0.1, -0.05) is 135 Å². The molecular formula is C51H35NO2. The maximum absolute atomic E-state index is 6.78. The van der Waals surface area contributed by atoms with Crippen LogP contribution in [-0.2, 0) is 5.41 Å². The first kappa shape index (κ1) is 30.8. The van der Waals surface area contributed by atoms with Crippen molar-refractivity contribution in [3.63, 3.8) is 0 Å². The molecule has 0 radical (unpaired) electrons. The van der Waals surface area contributed by atoms with Gasteiger partial charge in [0.2, 0.25) is 0 Å². The summed E-state index contributed by atoms with van der Waals surface area (Å²) in [4.78, 5) is 2.39. The number of benzene rings is 8. The molecule has 54 heavy (non-hydrogen) atoms. The predicted molar refractivity (Wildman–Crippen MR) is 224 cm³/mol. The molecule has 0 fully saturated rings. The van der Waals surface area contributed by atoms with E-state index in [1.54, 1.807) is 0 Å². The zero-order chi connectivity index (χ0) is 36.0. The minimum atomic E-state index is -0.128. The highest BCUT2D eigenvalue weighted by atomic mass is 16.3. The molecule has 8 aromatic carbocycles. The molecule has 0 bridgehead atoms. The van der Waals surface area contributed by atoms with E-state index in [0.717, 1.165) is 77.6 Å². The minimum absolute atomic E-state index is 0.128. The summed E-state index contributed by atoms with van der Waals surface area (Å²) < 4.78 is 13.3. The lowest BCUT2D eigenvalue weighted by Gasteiger charge is -2.29. The second-order valence-corrected chi connectivity index (χ2v) is 14.9. The van der Waals surface area contributed by atoms with Gasteiger partial charge in [-0.05, 0) is 87.5 Å². The van der Waals surface area contributed by atoms with Crippen LogP contribution in [0.1, 0.15) is 25.0 Å². The van der Waals surface area contributed by atoms with Crippen LogP contribution in [0.3, 0.4) is 0 Å². The Hall–Kier alpha value is -6.84. The fourth-order valence-corrected chi connectivity index (χ4v) is 8.87. The van der Waals surface area contributed by atoms with Gasteiger partial charge in [-0.25, -0.2) is 0 Å². The van der Waals surface area contributed by atoms with Gasteiger partial charge in [0, 0.05) is 50.0 Å². The van der Waals surface area contributed by atoms with E-state index in [9.17, 15) is 0 Å². The number of rotatable bonds is 5. The molecule has 2 heterocycles. The number of para-hydroxylation sites is 1. The molecule has 0 amide bonds. The van der Waals surface area contributed by atoms with Crippen molar-refractivity contribution in [1.82, 2.24) is 0 Å². The standard InChI is InChI=1S/C51H35NO2/c1-51(2)43-21-11-9-19-38(43)39-26-24-34(28-44(39)51)52(45-22-12-10-18-36(45)32-14-5-3-6-15-32)35-25-27-40-41-30-49-42(31-48(41)54-47(40)29-35)50-37(20-13-23-46(50)53-49)33-16-7-4-8-17-33/h3-31H,1-2H3. The summed E-state index contributed by atoms with van der Waals surface area (Å²) in [5.41, 5.74) is 16.5. The Morgan fingerprint density at radius 2 is 0.963 bits per heavy atom. The van der Waals surface area contributed by atoms with Gasteiger partial charge in [-0.15, -0.1) is 0 Å². The number of fused-ring (bicyclic) bond motifs is 9. The van der Waals surface area contributed by atoms with E-state index in [1.165, 1.54) is 27.8 Å². The second-order valence-electron chi connectivity index (χ2n) is 14.9. The summed E-state index contributed by atoms with van der Waals surface area (Å²) in [6.45, 7) is 4.68. The van der Waals surface area contributed by atoms with Crippen LogP contribution in [0.25, 0.3) is 77.3 Å². The quantitative estimate of drug-likeness (QED) is 0.180. The number of nitrogens with zero attached hydrogens (tertiary/aromatic N) is 1. The zero-order valence-electron chi connectivity index (χ0n) is 30.0. The van der Waals surface area contributed by atoms with Crippen molar-refractivity contribution in [2.45, 2.75) is 19.3 Å². The topological polar surface area (TPSA) is 29.5 Å². The van der Waals surface area contributed by atoms with Crippen LogP contribution >= 0.6 is 0 Å². The van der Waals surface area contributed by atoms with Gasteiger partial charge in [0.1, 0.15) is 22.3 Å². The number of anilines is 3. The first-order chi connectivity index (χ1) is 26.5. The maximum Gasteiger partial charge on any atom is 0.137 e. The fourth-order valence-electron chi connectivity index (χ4n) is 8.87. The van der Waals surface area contributed by atoms with E-state index in [-0.39, 0.29) is 5.41 Å². The third-order valence-corrected chi connectivity index (χ3v) is 11.5. The van der Waals surface area contributed by atoms with Crippen molar-refractivity contribution < 1.29 is 8.83 Å². The fraction of sp³-hybridized carbons (Fsp3) is 0.0588. The van der Waals surface area contributed by atoms with Gasteiger partial charge >= 0.3 is 0 Å². The molecule has 0 saturated heterocycles. The lowest BCUT2D eigenvalue weighted by atomic mass is 9.82. The SMILES string of the molecule is CC1(C)c2ccccc2-c2ccc(N(c3ccc4c(c3)oc3cc5c(cc34)oc3cccc(-c4ccccc4)c35)c3ccccc3-c3ccccc3)cc21. The molecule has 0 spiro atoms. The molecule has 3 heteroatoms. The molecule has 0 unspecified atom stereocenters. The van der Waals surface area contributed by atoms with Crippen LogP contribution in [0.4, 0.5) is 17.1 Å². The van der Waals surface area contributed by atoms with E-state index in [1.807, 2.05) is 0 Å². The molecule has 1 aliphatic rings. The highest BCUT2D eigenvalue weighted by molar-refractivity contribution is 6.18. The average molecular weight is 694 g/mol. The van der Waals surface area contributed by atoms with Crippen LogP contribution in [0, 0.1) is 0 Å². The van der Waals surface area contributed by atoms with E-state index in [4.69, 9.17) is 8.83 Å². The third kappa shape index (κ3) is 4.55. The molecule has 0 N–H and O–H groups in total. The van der Waals surface area contributed by atoms with Gasteiger partial charge in [0.15, 0.2) is 0 Å². The first-order valence-electron chi connectivity index (χ1n) is 18.6. The number of hydrogen-bond acceptors (Lipinski definition) is 3. The molecule has 11 rings (SSSR count). The van der Waals surface area contributed by atoms with Crippen molar-refractivity contribution >= 4 is 60.9 Å². The maximum atomic E-state index is 6.78. The van der Waals surface area contributed by atoms with Gasteiger partial charge < -0.3 is 13.7 Å². The summed E-state index contributed by atoms with van der Waals surface area (Å²) >= 11 is 0. The number of furan rings is 2. The Morgan fingerprint density at radius 3 is 1.78 bits per heavy atom. The summed E-state index contributed by atoms with van der Waals surface area (Å²) in [5, 5.41) is 4.25. The summed E-state index contributed by atoms with van der Waals surface area (Å²) in [7, 11) is 0. The summed E-state index contributed by atoms with van der Waals surface area (Å²) in [6, 6.07) is 62.8. The van der Waals surface area contributed by atoms with Gasteiger partial charge in [-0.3, -0.25) is 0 Å². The van der Waals surface area contributed by atoms with Crippen molar-refractivity contribution in [3.8, 4) is 33.4 Å². The molecule has 2 aromatic heterocycles. The van der Waals surface area contributed by atoms with Crippen LogP contribution in [0.2, 0.25) is 0 Å². The molecule has 1 aliphatic carbocycles. The smallest absolute Gasteiger partial charge is 0.137 e. The molecule has 10 aromatic rings. The van der Waals surface area contributed by atoms with Crippen molar-refractivity contribution in [1.29, 1.82) is 0 Å². The van der Waals surface area contributed by atoms with Gasteiger partial charge in [-0.2, -0.15) is 0 Å². The molecule has 0 aliphatic heterocycles. The largest absolute Gasteiger partial charge is 0.456 e. The summed E-state index contributed by atoms with van der Waals surface area (Å²) in [5.74, 6) is 0. The Labute approximate surface area is 313 Å². The molecule has 256 valence electrons. The third-order valence-electron chi connectivity index (χ3n) is 11.5. The Balaban J connectivity index is 1.11. The molecule has 0 atom stereocenters. The van der Waals surface area contributed by atoms with Gasteiger partial charge in [0.25, 0.3) is 0 Å². The lowest BCUT2D eigenvalue weighted by Crippen LogP contribution is -2.16. The Kier molecular flexibility index (Phi) is 6.60. The van der Waals surface area contributed by atoms with Crippen molar-refractivity contribution in [2.24, 2.45) is 0 Å². The Morgan fingerprint density at radius 1 is 0.389 bits per heavy atom. The highest BCUT2D eigenvalue weighted by Crippen LogP contribution is 2.51. The van der Waals surface area contributed by atoms with Crippen LogP contribution in [-0.4, -0.2) is 0 Å². The highest BCUT2D eigenvalue weighted by Gasteiger charge is 2.36. The first-order valence-corrected chi connectivity index (χ1v) is 18.6. The van der Waals surface area contributed by atoms with Crippen LogP contribution in [0.15, 0.2) is 185 Å². The normalized spacial score (nSPS) is 13.1. The van der Waals surface area contributed by atoms with E-state index in [2.05, 4.69) is 195 Å². The molecule has 0 saturated carbocycles. The molecular weight excluding hydrogens is 659 g/mol. The predicted octanol–water partition coefficient (Wildman–Crippen LogP) is 14.6. The van der Waals surface area contributed by atoms with E-state index >= 15 is 0 Å². The van der Waals surface area contributed by atoms with Crippen molar-refractivity contribution in [2.75, 3.05) is 4.90 Å². The average Bonchev–Trinajstić information content (AvgIpc) is 3.84. The van der Waals surface area contributed by atoms with E-state index in [0.29, 0.717) is 0 Å². The molecule has 3 nitrogen and oxygen atoms in total. The zero-order valence-corrected chi connectivity index (χ0v) is 30.0.